The minimum atomic E-state index is -1.21. The first kappa shape index (κ1) is 20.3. The SMILES string of the molecule is CC(=O)NC(CC[Te]c1ccc(N(C)C)cc1)C(=O)[O-].[Li+]. The molecule has 0 radical (unpaired) electrons. The third-order valence-electron chi connectivity index (χ3n) is 2.69. The third-order valence-corrected chi connectivity index (χ3v) is 5.67. The fraction of sp³-hybridized carbons (Fsp3) is 0.429. The van der Waals surface area contributed by atoms with Gasteiger partial charge in [0.25, 0.3) is 0 Å². The molecule has 0 aliphatic carbocycles. The number of carboxylic acids is 1. The van der Waals surface area contributed by atoms with Crippen molar-refractivity contribution in [2.24, 2.45) is 0 Å². The van der Waals surface area contributed by atoms with Crippen LogP contribution < -0.4 is 37.8 Å². The fourth-order valence-electron chi connectivity index (χ4n) is 1.63. The number of anilines is 1. The molecule has 0 aliphatic heterocycles. The summed E-state index contributed by atoms with van der Waals surface area (Å²) < 4.78 is 2.09. The molecular weight excluding hydrogens is 379 g/mol. The van der Waals surface area contributed by atoms with Crippen LogP contribution in [0.2, 0.25) is 4.47 Å². The molecule has 0 aromatic heterocycles. The van der Waals surface area contributed by atoms with Crippen molar-refractivity contribution in [1.29, 1.82) is 0 Å². The molecule has 0 fully saturated rings. The summed E-state index contributed by atoms with van der Waals surface area (Å²) in [5, 5.41) is 13.3. The van der Waals surface area contributed by atoms with Gasteiger partial charge in [-0.25, -0.2) is 0 Å². The quantitative estimate of drug-likeness (QED) is 0.478. The maximum atomic E-state index is 10.9. The average Bonchev–Trinajstić information content (AvgIpc) is 2.37. The molecule has 0 aliphatic rings. The first-order chi connectivity index (χ1) is 9.40. The van der Waals surface area contributed by atoms with Crippen molar-refractivity contribution < 1.29 is 33.6 Å². The Bertz CT molecular complexity index is 466. The number of nitrogens with one attached hydrogen (secondary N) is 1. The molecule has 1 aromatic carbocycles. The van der Waals surface area contributed by atoms with E-state index in [-0.39, 0.29) is 24.8 Å². The van der Waals surface area contributed by atoms with Crippen LogP contribution >= 0.6 is 0 Å². The average molecular weight is 398 g/mol. The normalized spacial score (nSPS) is 11.2. The Hall–Kier alpha value is -0.653. The molecule has 0 spiro atoms. The number of carbonyl (C=O) groups is 2. The Morgan fingerprint density at radius 1 is 1.29 bits per heavy atom. The second-order valence-electron chi connectivity index (χ2n) is 4.60. The summed E-state index contributed by atoms with van der Waals surface area (Å²) in [5.74, 6) is -1.55. The van der Waals surface area contributed by atoms with Crippen LogP contribution in [0.1, 0.15) is 13.3 Å². The van der Waals surface area contributed by atoms with Crippen LogP contribution in [0.15, 0.2) is 24.3 Å². The first-order valence-electron chi connectivity index (χ1n) is 6.28. The second kappa shape index (κ2) is 10.1. The second-order valence-corrected chi connectivity index (χ2v) is 7.93. The van der Waals surface area contributed by atoms with Gasteiger partial charge >= 0.3 is 148 Å². The zero-order valence-corrected chi connectivity index (χ0v) is 15.2. The maximum absolute atomic E-state index is 10.9. The van der Waals surface area contributed by atoms with Gasteiger partial charge in [0.1, 0.15) is 0 Å². The zero-order valence-electron chi connectivity index (χ0n) is 12.9. The van der Waals surface area contributed by atoms with E-state index in [4.69, 9.17) is 0 Å². The molecule has 1 N–H and O–H groups in total. The topological polar surface area (TPSA) is 72.5 Å². The molecule has 1 aromatic rings. The van der Waals surface area contributed by atoms with E-state index >= 15 is 0 Å². The van der Waals surface area contributed by atoms with Crippen molar-refractivity contribution in [3.63, 3.8) is 0 Å². The number of rotatable bonds is 7. The zero-order chi connectivity index (χ0) is 15.1. The standard InChI is InChI=1S/C14H20N2O3Te.Li/c1-10(17)15-13(14(18)19)8-9-20-12-6-4-11(5-7-12)16(2)3;/h4-7,13H,8-9H2,1-3H3,(H,15,17)(H,18,19);/q;+1/p-1. The van der Waals surface area contributed by atoms with Gasteiger partial charge in [-0.2, -0.15) is 0 Å². The van der Waals surface area contributed by atoms with Crippen LogP contribution in [0.3, 0.4) is 0 Å². The van der Waals surface area contributed by atoms with E-state index in [1.807, 2.05) is 19.0 Å². The molecule has 0 saturated heterocycles. The monoisotopic (exact) mass is 400 g/mol. The molecule has 1 rings (SSSR count). The number of carbonyl (C=O) groups excluding carboxylic acids is 2. The van der Waals surface area contributed by atoms with E-state index in [1.165, 1.54) is 10.5 Å². The Morgan fingerprint density at radius 3 is 2.29 bits per heavy atom. The van der Waals surface area contributed by atoms with Crippen molar-refractivity contribution in [3.8, 4) is 0 Å². The number of carboxylic acid groups (broad SMARTS) is 1. The number of benzene rings is 1. The van der Waals surface area contributed by atoms with Gasteiger partial charge in [0.15, 0.2) is 0 Å². The van der Waals surface area contributed by atoms with Crippen molar-refractivity contribution in [1.82, 2.24) is 5.32 Å². The Morgan fingerprint density at radius 2 is 1.86 bits per heavy atom. The number of nitrogens with zero attached hydrogens (tertiary/aromatic N) is 1. The van der Waals surface area contributed by atoms with E-state index < -0.39 is 32.9 Å². The molecule has 1 amide bonds. The van der Waals surface area contributed by atoms with Crippen LogP contribution in [-0.4, -0.2) is 52.9 Å². The molecule has 21 heavy (non-hydrogen) atoms. The van der Waals surface area contributed by atoms with Crippen molar-refractivity contribution in [2.75, 3.05) is 19.0 Å². The summed E-state index contributed by atoms with van der Waals surface area (Å²) in [5.41, 5.74) is 1.15. The van der Waals surface area contributed by atoms with E-state index in [0.717, 1.165) is 10.2 Å². The van der Waals surface area contributed by atoms with Crippen LogP contribution in [0, 0.1) is 0 Å². The van der Waals surface area contributed by atoms with Gasteiger partial charge < -0.3 is 0 Å². The minimum Gasteiger partial charge on any atom is 1.00 e. The number of aliphatic carboxylic acids is 1. The molecule has 0 bridgehead atoms. The van der Waals surface area contributed by atoms with Gasteiger partial charge in [0.2, 0.25) is 0 Å². The maximum Gasteiger partial charge on any atom is 1.00 e. The van der Waals surface area contributed by atoms with Gasteiger partial charge in [0, 0.05) is 0 Å². The van der Waals surface area contributed by atoms with Crippen LogP contribution in [0.5, 0.6) is 0 Å². The molecule has 1 unspecified atom stereocenters. The van der Waals surface area contributed by atoms with Crippen LogP contribution in [0.4, 0.5) is 5.69 Å². The van der Waals surface area contributed by atoms with E-state index in [2.05, 4.69) is 29.6 Å². The van der Waals surface area contributed by atoms with Crippen molar-refractivity contribution >= 4 is 42.1 Å². The van der Waals surface area contributed by atoms with E-state index in [1.54, 1.807) is 0 Å². The fourth-order valence-corrected chi connectivity index (χ4v) is 4.25. The Kier molecular flexibility index (Phi) is 9.82. The first-order valence-corrected chi connectivity index (χ1v) is 9.09. The van der Waals surface area contributed by atoms with Gasteiger partial charge in [0.05, 0.1) is 0 Å². The third kappa shape index (κ3) is 7.78. The molecule has 7 heteroatoms. The van der Waals surface area contributed by atoms with Crippen LogP contribution in [-0.2, 0) is 9.59 Å². The Balaban J connectivity index is 0.00000400. The largest absolute Gasteiger partial charge is 1.00 e. The summed E-state index contributed by atoms with van der Waals surface area (Å²) in [7, 11) is 3.98. The van der Waals surface area contributed by atoms with Crippen LogP contribution in [0.25, 0.3) is 0 Å². The van der Waals surface area contributed by atoms with Crippen molar-refractivity contribution in [3.05, 3.63) is 24.3 Å². The molecule has 1 atom stereocenters. The minimum absolute atomic E-state index is 0. The molecular formula is C14H19LiN2O3Te. The van der Waals surface area contributed by atoms with Gasteiger partial charge in [-0.3, -0.25) is 0 Å². The van der Waals surface area contributed by atoms with Gasteiger partial charge in [-0.05, 0) is 0 Å². The summed E-state index contributed by atoms with van der Waals surface area (Å²) in [6.45, 7) is 1.31. The predicted molar refractivity (Wildman–Crippen MR) is 78.2 cm³/mol. The molecule has 0 heterocycles. The summed E-state index contributed by atoms with van der Waals surface area (Å²) in [4.78, 5) is 23.8. The predicted octanol–water partition coefficient (Wildman–Crippen LogP) is -3.85. The smallest absolute Gasteiger partial charge is 1.00 e. The number of hydrogen-bond donors (Lipinski definition) is 1. The summed E-state index contributed by atoms with van der Waals surface area (Å²) in [6.07, 6.45) is 0.430. The number of hydrogen-bond acceptors (Lipinski definition) is 4. The molecule has 110 valence electrons. The Labute approximate surface area is 147 Å². The number of amides is 1. The summed E-state index contributed by atoms with van der Waals surface area (Å²) >= 11 is -0.439. The van der Waals surface area contributed by atoms with E-state index in [0.29, 0.717) is 6.42 Å². The van der Waals surface area contributed by atoms with Gasteiger partial charge in [-0.1, -0.05) is 0 Å². The van der Waals surface area contributed by atoms with Crippen molar-refractivity contribution in [2.45, 2.75) is 23.9 Å². The summed E-state index contributed by atoms with van der Waals surface area (Å²) in [6, 6.07) is 7.42. The molecule has 5 nitrogen and oxygen atoms in total. The molecule has 0 saturated carbocycles. The van der Waals surface area contributed by atoms with E-state index in [9.17, 15) is 14.7 Å². The van der Waals surface area contributed by atoms with Gasteiger partial charge in [-0.15, -0.1) is 0 Å².